The summed E-state index contributed by atoms with van der Waals surface area (Å²) in [5.74, 6) is -0.165. The highest BCUT2D eigenvalue weighted by Gasteiger charge is 2.19. The maximum atomic E-state index is 10.8. The molecule has 1 heterocycles. The van der Waals surface area contributed by atoms with Crippen molar-refractivity contribution in [1.82, 2.24) is 4.90 Å². The Morgan fingerprint density at radius 1 is 1.64 bits per heavy atom. The summed E-state index contributed by atoms with van der Waals surface area (Å²) in [4.78, 5) is 13.3. The van der Waals surface area contributed by atoms with Crippen LogP contribution in [0.4, 0.5) is 0 Å². The zero-order valence-electron chi connectivity index (χ0n) is 9.03. The first-order valence-corrected chi connectivity index (χ1v) is 5.25. The Morgan fingerprint density at radius 2 is 2.43 bits per heavy atom. The average molecular weight is 197 g/mol. The highest BCUT2D eigenvalue weighted by molar-refractivity contribution is 5.70. The number of hydrogen-bond donors (Lipinski definition) is 0. The maximum Gasteiger partial charge on any atom is 0.309 e. The van der Waals surface area contributed by atoms with E-state index in [0.29, 0.717) is 12.5 Å². The molecule has 0 aliphatic carbocycles. The molecule has 1 atom stereocenters. The van der Waals surface area contributed by atoms with Crippen molar-refractivity contribution >= 4 is 5.97 Å². The van der Waals surface area contributed by atoms with Gasteiger partial charge in [0, 0.05) is 6.04 Å². The third-order valence-corrected chi connectivity index (χ3v) is 2.69. The van der Waals surface area contributed by atoms with Crippen molar-refractivity contribution in [3.8, 4) is 0 Å². The third kappa shape index (κ3) is 3.14. The number of carbonyl (C=O) groups excluding carboxylic acids is 1. The van der Waals surface area contributed by atoms with Gasteiger partial charge in [0.1, 0.15) is 0 Å². The van der Waals surface area contributed by atoms with Crippen molar-refractivity contribution in [2.45, 2.75) is 32.2 Å². The second-order valence-electron chi connectivity index (χ2n) is 3.55. The molecule has 0 saturated carbocycles. The minimum absolute atomic E-state index is 0.165. The number of likely N-dealkylation sites (tertiary alicyclic amines) is 1. The standard InChI is InChI=1S/C11H19NO2/c1-3-12-9-5-7-10(12)6-4-8-11(13)14-2/h4,6,10H,3,5,7-9H2,1-2H3/b6-4-. The van der Waals surface area contributed by atoms with E-state index in [1.165, 1.54) is 26.5 Å². The predicted octanol–water partition coefficient (Wildman–Crippen LogP) is 1.59. The molecular formula is C11H19NO2. The van der Waals surface area contributed by atoms with Gasteiger partial charge in [-0.05, 0) is 25.9 Å². The molecule has 0 aromatic rings. The number of nitrogens with zero attached hydrogens (tertiary/aromatic N) is 1. The molecule has 1 saturated heterocycles. The zero-order valence-corrected chi connectivity index (χ0v) is 9.03. The van der Waals surface area contributed by atoms with E-state index in [1.807, 2.05) is 6.08 Å². The first kappa shape index (κ1) is 11.2. The summed E-state index contributed by atoms with van der Waals surface area (Å²) in [6.45, 7) is 4.45. The van der Waals surface area contributed by atoms with Crippen molar-refractivity contribution < 1.29 is 9.53 Å². The predicted molar refractivity (Wildman–Crippen MR) is 56.0 cm³/mol. The van der Waals surface area contributed by atoms with E-state index >= 15 is 0 Å². The average Bonchev–Trinajstić information content (AvgIpc) is 2.65. The second kappa shape index (κ2) is 5.81. The Kier molecular flexibility index (Phi) is 4.66. The number of methoxy groups -OCH3 is 1. The van der Waals surface area contributed by atoms with E-state index in [4.69, 9.17) is 0 Å². The Hall–Kier alpha value is -0.830. The fourth-order valence-corrected chi connectivity index (χ4v) is 1.87. The summed E-state index contributed by atoms with van der Waals surface area (Å²) in [5.41, 5.74) is 0. The van der Waals surface area contributed by atoms with Crippen LogP contribution in [0.1, 0.15) is 26.2 Å². The van der Waals surface area contributed by atoms with Crippen LogP contribution in [-0.4, -0.2) is 37.1 Å². The van der Waals surface area contributed by atoms with Crippen LogP contribution >= 0.6 is 0 Å². The van der Waals surface area contributed by atoms with Gasteiger partial charge in [-0.3, -0.25) is 9.69 Å². The second-order valence-corrected chi connectivity index (χ2v) is 3.55. The molecule has 1 rings (SSSR count). The number of carbonyl (C=O) groups is 1. The first-order valence-electron chi connectivity index (χ1n) is 5.25. The van der Waals surface area contributed by atoms with Gasteiger partial charge in [0.05, 0.1) is 13.5 Å². The van der Waals surface area contributed by atoms with E-state index in [0.717, 1.165) is 6.54 Å². The van der Waals surface area contributed by atoms with Crippen molar-refractivity contribution in [2.24, 2.45) is 0 Å². The highest BCUT2D eigenvalue weighted by Crippen LogP contribution is 2.17. The number of ether oxygens (including phenoxy) is 1. The smallest absolute Gasteiger partial charge is 0.309 e. The molecule has 0 N–H and O–H groups in total. The van der Waals surface area contributed by atoms with Crippen molar-refractivity contribution in [1.29, 1.82) is 0 Å². The monoisotopic (exact) mass is 197 g/mol. The topological polar surface area (TPSA) is 29.5 Å². The van der Waals surface area contributed by atoms with Gasteiger partial charge < -0.3 is 4.74 Å². The van der Waals surface area contributed by atoms with Gasteiger partial charge >= 0.3 is 5.97 Å². The lowest BCUT2D eigenvalue weighted by Gasteiger charge is -2.18. The normalized spacial score (nSPS) is 23.1. The lowest BCUT2D eigenvalue weighted by atomic mass is 10.2. The molecule has 1 aliphatic rings. The van der Waals surface area contributed by atoms with Gasteiger partial charge in [-0.25, -0.2) is 0 Å². The largest absolute Gasteiger partial charge is 0.469 e. The fraction of sp³-hybridized carbons (Fsp3) is 0.727. The number of esters is 1. The molecule has 0 bridgehead atoms. The molecule has 0 radical (unpaired) electrons. The molecule has 80 valence electrons. The lowest BCUT2D eigenvalue weighted by molar-refractivity contribution is -0.139. The molecule has 3 nitrogen and oxygen atoms in total. The summed E-state index contributed by atoms with van der Waals surface area (Å²) in [5, 5.41) is 0. The van der Waals surface area contributed by atoms with Crippen LogP contribution in [0.5, 0.6) is 0 Å². The van der Waals surface area contributed by atoms with E-state index < -0.39 is 0 Å². The number of hydrogen-bond acceptors (Lipinski definition) is 3. The van der Waals surface area contributed by atoms with Gasteiger partial charge in [-0.15, -0.1) is 0 Å². The lowest BCUT2D eigenvalue weighted by Crippen LogP contribution is -2.27. The quantitative estimate of drug-likeness (QED) is 0.506. The molecule has 1 aliphatic heterocycles. The molecule has 0 amide bonds. The number of likely N-dealkylation sites (N-methyl/N-ethyl adjacent to an activating group) is 1. The van der Waals surface area contributed by atoms with Gasteiger partial charge in [-0.2, -0.15) is 0 Å². The van der Waals surface area contributed by atoms with E-state index in [-0.39, 0.29) is 5.97 Å². The van der Waals surface area contributed by atoms with Crippen LogP contribution in [-0.2, 0) is 9.53 Å². The van der Waals surface area contributed by atoms with Crippen molar-refractivity contribution in [3.05, 3.63) is 12.2 Å². The summed E-state index contributed by atoms with van der Waals surface area (Å²) in [7, 11) is 1.42. The molecule has 0 aromatic heterocycles. The van der Waals surface area contributed by atoms with Crippen LogP contribution in [0.3, 0.4) is 0 Å². The van der Waals surface area contributed by atoms with Crippen LogP contribution in [0, 0.1) is 0 Å². The van der Waals surface area contributed by atoms with Crippen molar-refractivity contribution in [3.63, 3.8) is 0 Å². The first-order chi connectivity index (χ1) is 6.77. The summed E-state index contributed by atoms with van der Waals surface area (Å²) in [6, 6.07) is 0.532. The molecule has 0 aromatic carbocycles. The molecule has 1 unspecified atom stereocenters. The molecule has 3 heteroatoms. The Balaban J connectivity index is 2.31. The van der Waals surface area contributed by atoms with E-state index in [9.17, 15) is 4.79 Å². The van der Waals surface area contributed by atoms with E-state index in [2.05, 4.69) is 22.6 Å². The summed E-state index contributed by atoms with van der Waals surface area (Å²) >= 11 is 0. The van der Waals surface area contributed by atoms with Gasteiger partial charge in [0.15, 0.2) is 0 Å². The van der Waals surface area contributed by atoms with Gasteiger partial charge in [-0.1, -0.05) is 19.1 Å². The highest BCUT2D eigenvalue weighted by atomic mass is 16.5. The SMILES string of the molecule is CCN1CCCC1/C=C\CC(=O)OC. The molecule has 14 heavy (non-hydrogen) atoms. The Labute approximate surface area is 85.7 Å². The third-order valence-electron chi connectivity index (χ3n) is 2.69. The minimum Gasteiger partial charge on any atom is -0.469 e. The minimum atomic E-state index is -0.165. The number of rotatable bonds is 4. The van der Waals surface area contributed by atoms with Crippen molar-refractivity contribution in [2.75, 3.05) is 20.2 Å². The van der Waals surface area contributed by atoms with E-state index in [1.54, 1.807) is 0 Å². The Morgan fingerprint density at radius 3 is 3.07 bits per heavy atom. The maximum absolute atomic E-state index is 10.8. The fourth-order valence-electron chi connectivity index (χ4n) is 1.87. The Bertz CT molecular complexity index is 213. The summed E-state index contributed by atoms with van der Waals surface area (Å²) in [6.07, 6.45) is 6.93. The van der Waals surface area contributed by atoms with Crippen LogP contribution in [0.2, 0.25) is 0 Å². The van der Waals surface area contributed by atoms with Crippen LogP contribution in [0.25, 0.3) is 0 Å². The van der Waals surface area contributed by atoms with Crippen LogP contribution in [0.15, 0.2) is 12.2 Å². The molecule has 0 spiro atoms. The van der Waals surface area contributed by atoms with Gasteiger partial charge in [0.25, 0.3) is 0 Å². The molecule has 1 fully saturated rings. The van der Waals surface area contributed by atoms with Gasteiger partial charge in [0.2, 0.25) is 0 Å². The summed E-state index contributed by atoms with van der Waals surface area (Å²) < 4.78 is 4.56. The molecular weight excluding hydrogens is 178 g/mol. The van der Waals surface area contributed by atoms with Crippen LogP contribution < -0.4 is 0 Å². The zero-order chi connectivity index (χ0) is 10.4.